The molecule has 0 aliphatic heterocycles. The normalized spacial score (nSPS) is 4.00. The fourth-order valence-corrected chi connectivity index (χ4v) is 0. The molecule has 0 aliphatic carbocycles. The molecule has 7 heavy (non-hydrogen) atoms. The second kappa shape index (κ2) is 18.1. The molecule has 0 fully saturated rings. The zero-order chi connectivity index (χ0) is 5.58. The maximum Gasteiger partial charge on any atom is 3.00 e. The van der Waals surface area contributed by atoms with E-state index < -0.39 is 5.09 Å². The Bertz CT molecular complexity index is 41.0. The van der Waals surface area contributed by atoms with E-state index >= 15 is 0 Å². The molecule has 0 amide bonds. The molecule has 1 N–H and O–H groups in total. The van der Waals surface area contributed by atoms with E-state index in [4.69, 9.17) is 20.2 Å². The van der Waals surface area contributed by atoms with Crippen molar-refractivity contribution in [3.63, 3.8) is 0 Å². The smallest absolute Gasteiger partial charge is 0.356 e. The van der Waals surface area contributed by atoms with E-state index in [1.807, 2.05) is 0 Å². The number of nitrogens with zero attached hydrogens (tertiary/aromatic N) is 1. The molecule has 0 spiro atoms. The summed E-state index contributed by atoms with van der Waals surface area (Å²) in [7, 11) is 0. The number of rotatable bonds is 0. The van der Waals surface area contributed by atoms with Crippen molar-refractivity contribution in [2.45, 2.75) is 0 Å². The van der Waals surface area contributed by atoms with Crippen LogP contribution in [0.15, 0.2) is 0 Å². The van der Waals surface area contributed by atoms with Gasteiger partial charge in [-0.3, -0.25) is 0 Å². The molecule has 41 valence electrons. The minimum atomic E-state index is -1.75. The van der Waals surface area contributed by atoms with E-state index in [0.29, 0.717) is 0 Å². The summed E-state index contributed by atoms with van der Waals surface area (Å²) in [5, 5.41) is 14.8. The van der Waals surface area contributed by atoms with Crippen LogP contribution < -0.4 is 0 Å². The molecule has 0 aliphatic rings. The first kappa shape index (κ1) is 16.1. The molecule has 1 radical (unpaired) electrons. The number of hydrogen-bond acceptors (Lipinski definition) is 5. The molecule has 0 aromatic rings. The Morgan fingerprint density at radius 3 is 1.29 bits per heavy atom. The molecule has 0 saturated heterocycles. The quantitative estimate of drug-likeness (QED) is 0.255. The topological polar surface area (TPSA) is 107 Å². The second-order valence-corrected chi connectivity index (χ2v) is 0.224. The standard InChI is InChI=1S/NO3.HNO.Ru/c2-1(3)4;1-2;/h;1H;/q-1;;+3. The van der Waals surface area contributed by atoms with Gasteiger partial charge < -0.3 is 15.3 Å². The van der Waals surface area contributed by atoms with E-state index in [1.54, 1.807) is 0 Å². The van der Waals surface area contributed by atoms with Gasteiger partial charge in [0.15, 0.2) is 0 Å². The largest absolute Gasteiger partial charge is 3.00 e. The Kier molecular flexibility index (Phi) is 41.6. The van der Waals surface area contributed by atoms with Gasteiger partial charge in [0.1, 0.15) is 0 Å². The molecule has 7 heteroatoms. The summed E-state index contributed by atoms with van der Waals surface area (Å²) in [6, 6.07) is 0. The van der Waals surface area contributed by atoms with E-state index in [0.717, 1.165) is 0 Å². The zero-order valence-corrected chi connectivity index (χ0v) is 4.67. The van der Waals surface area contributed by atoms with Crippen molar-refractivity contribution in [1.29, 1.82) is 5.59 Å². The third-order valence-electron chi connectivity index (χ3n) is 0. The van der Waals surface area contributed by atoms with E-state index in [9.17, 15) is 0 Å². The molecule has 0 aromatic carbocycles. The van der Waals surface area contributed by atoms with Crippen LogP contribution in [0.1, 0.15) is 0 Å². The fourth-order valence-electron chi connectivity index (χ4n) is 0. The first-order valence-electron chi connectivity index (χ1n) is 0.752. The minimum absolute atomic E-state index is 0. The molecular formula is HN2O4Ru+2. The maximum absolute atomic E-state index is 8.25. The van der Waals surface area contributed by atoms with Crippen LogP contribution in [-0.4, -0.2) is 5.09 Å². The van der Waals surface area contributed by atoms with Crippen LogP contribution >= 0.6 is 0 Å². The van der Waals surface area contributed by atoms with Crippen LogP contribution in [0.4, 0.5) is 0 Å². The van der Waals surface area contributed by atoms with Crippen molar-refractivity contribution in [3.05, 3.63) is 20.2 Å². The Balaban J connectivity index is -0.0000000480. The Morgan fingerprint density at radius 1 is 1.29 bits per heavy atom. The molecule has 0 aromatic heterocycles. The van der Waals surface area contributed by atoms with Crippen LogP contribution in [0.5, 0.6) is 0 Å². The van der Waals surface area contributed by atoms with Gasteiger partial charge in [-0.1, -0.05) is 5.59 Å². The summed E-state index contributed by atoms with van der Waals surface area (Å²) in [6.07, 6.45) is 0. The van der Waals surface area contributed by atoms with Gasteiger partial charge in [-0.05, 0) is 0 Å². The van der Waals surface area contributed by atoms with Crippen molar-refractivity contribution in [2.75, 3.05) is 0 Å². The molecule has 6 nitrogen and oxygen atoms in total. The van der Waals surface area contributed by atoms with Gasteiger partial charge in [0.2, 0.25) is 0 Å². The monoisotopic (exact) mass is 195 g/mol. The Labute approximate surface area is 51.1 Å². The van der Waals surface area contributed by atoms with Gasteiger partial charge in [-0.25, -0.2) is 0 Å². The molecular weight excluding hydrogens is 193 g/mol. The van der Waals surface area contributed by atoms with Crippen molar-refractivity contribution in [2.24, 2.45) is 0 Å². The fraction of sp³-hybridized carbons (Fsp3) is 0. The third kappa shape index (κ3) is 191. The Morgan fingerprint density at radius 2 is 1.29 bits per heavy atom. The molecule has 0 heterocycles. The number of nitrogens with one attached hydrogen (secondary N) is 1. The Hall–Kier alpha value is -0.577. The summed E-state index contributed by atoms with van der Waals surface area (Å²) in [5.74, 6) is 0. The van der Waals surface area contributed by atoms with Gasteiger partial charge in [-0.15, -0.1) is 0 Å². The summed E-state index contributed by atoms with van der Waals surface area (Å²) >= 11 is 0. The van der Waals surface area contributed by atoms with Gasteiger partial charge in [0.25, 0.3) is 0 Å². The van der Waals surface area contributed by atoms with Crippen LogP contribution in [0.3, 0.4) is 0 Å². The molecule has 0 rings (SSSR count). The molecule has 0 saturated carbocycles. The van der Waals surface area contributed by atoms with Gasteiger partial charge >= 0.3 is 19.5 Å². The summed E-state index contributed by atoms with van der Waals surface area (Å²) in [4.78, 5) is 15.8. The number of nitroso groups, excluding NO2 is 1. The van der Waals surface area contributed by atoms with Crippen molar-refractivity contribution in [1.82, 2.24) is 0 Å². The van der Waals surface area contributed by atoms with E-state index in [-0.39, 0.29) is 19.5 Å². The first-order chi connectivity index (χ1) is 2.73. The number of hydrogen-bond donors (Lipinski definition) is 1. The maximum atomic E-state index is 8.25. The average molecular weight is 194 g/mol. The predicted molar refractivity (Wildman–Crippen MR) is 16.4 cm³/mol. The molecule has 0 atom stereocenters. The van der Waals surface area contributed by atoms with Gasteiger partial charge in [0.05, 0.1) is 5.09 Å². The van der Waals surface area contributed by atoms with Crippen LogP contribution in [0.2, 0.25) is 0 Å². The summed E-state index contributed by atoms with van der Waals surface area (Å²) in [6.45, 7) is 0. The van der Waals surface area contributed by atoms with Crippen molar-refractivity contribution >= 4 is 0 Å². The van der Waals surface area contributed by atoms with Gasteiger partial charge in [-0.2, -0.15) is 4.91 Å². The van der Waals surface area contributed by atoms with Crippen LogP contribution in [0, 0.1) is 25.8 Å². The molecule has 0 unspecified atom stereocenters. The summed E-state index contributed by atoms with van der Waals surface area (Å²) in [5.41, 5.74) is 4.50. The van der Waals surface area contributed by atoms with E-state index in [1.165, 1.54) is 0 Å². The van der Waals surface area contributed by atoms with Crippen molar-refractivity contribution < 1.29 is 24.6 Å². The molecule has 0 bridgehead atoms. The first-order valence-corrected chi connectivity index (χ1v) is 0.752. The SMILES string of the molecule is N=O.O=[N+]([O-])[O-].[Ru+3]. The third-order valence-corrected chi connectivity index (χ3v) is 0. The average Bonchev–Trinajstić information content (AvgIpc) is 1.41. The second-order valence-electron chi connectivity index (χ2n) is 0.224. The van der Waals surface area contributed by atoms with Crippen LogP contribution in [0.25, 0.3) is 0 Å². The minimum Gasteiger partial charge on any atom is -0.356 e. The van der Waals surface area contributed by atoms with Gasteiger partial charge in [0, 0.05) is 0 Å². The zero-order valence-electron chi connectivity index (χ0n) is 2.93. The van der Waals surface area contributed by atoms with Crippen LogP contribution in [-0.2, 0) is 19.5 Å². The van der Waals surface area contributed by atoms with E-state index in [2.05, 4.69) is 5.59 Å². The predicted octanol–water partition coefficient (Wildman–Crippen LogP) is 0.0900. The van der Waals surface area contributed by atoms with Crippen molar-refractivity contribution in [3.8, 4) is 0 Å². The summed E-state index contributed by atoms with van der Waals surface area (Å²) < 4.78 is 0.